The second kappa shape index (κ2) is 6.36. The van der Waals surface area contributed by atoms with Crippen molar-refractivity contribution in [1.82, 2.24) is 0 Å². The number of anilines is 1. The molecule has 3 aromatic carbocycles. The third kappa shape index (κ3) is 2.74. The summed E-state index contributed by atoms with van der Waals surface area (Å²) in [6.07, 6.45) is 0.266. The number of hydrogen-bond acceptors (Lipinski definition) is 2. The molecule has 0 N–H and O–H groups in total. The molecule has 3 heteroatoms. The zero-order chi connectivity index (χ0) is 17.2. The van der Waals surface area contributed by atoms with Gasteiger partial charge in [-0.2, -0.15) is 0 Å². The van der Waals surface area contributed by atoms with Crippen LogP contribution < -0.4 is 4.90 Å². The molecule has 0 saturated carbocycles. The number of benzene rings is 3. The standard InChI is InChI=1S/C22H17NO2/c24-21(16-9-3-1-4-10-16)15-20-18-13-7-8-14-19(18)22(25)23(20)17-11-5-2-6-12-17/h1-14,20H,15H2/t20-/m0/s1. The first-order chi connectivity index (χ1) is 12.3. The molecule has 1 heterocycles. The minimum Gasteiger partial charge on any atom is -0.300 e. The Balaban J connectivity index is 1.74. The summed E-state index contributed by atoms with van der Waals surface area (Å²) in [5, 5.41) is 0. The van der Waals surface area contributed by atoms with Crippen molar-refractivity contribution < 1.29 is 9.59 Å². The van der Waals surface area contributed by atoms with E-state index < -0.39 is 0 Å². The van der Waals surface area contributed by atoms with Crippen LogP contribution in [0.4, 0.5) is 5.69 Å². The van der Waals surface area contributed by atoms with Crippen molar-refractivity contribution in [2.75, 3.05) is 4.90 Å². The van der Waals surface area contributed by atoms with Gasteiger partial charge in [0.2, 0.25) is 0 Å². The summed E-state index contributed by atoms with van der Waals surface area (Å²) in [4.78, 5) is 27.4. The normalized spacial score (nSPS) is 15.9. The Bertz CT molecular complexity index is 919. The van der Waals surface area contributed by atoms with Crippen LogP contribution in [0.2, 0.25) is 0 Å². The molecule has 25 heavy (non-hydrogen) atoms. The SMILES string of the molecule is O=C(C[C@H]1c2ccccc2C(=O)N1c1ccccc1)c1ccccc1. The van der Waals surface area contributed by atoms with E-state index in [0.717, 1.165) is 11.3 Å². The second-order valence-electron chi connectivity index (χ2n) is 6.11. The van der Waals surface area contributed by atoms with Gasteiger partial charge in [0.25, 0.3) is 5.91 Å². The first kappa shape index (κ1) is 15.3. The lowest BCUT2D eigenvalue weighted by Gasteiger charge is -2.25. The van der Waals surface area contributed by atoms with Crippen molar-refractivity contribution >= 4 is 17.4 Å². The maximum absolute atomic E-state index is 12.9. The van der Waals surface area contributed by atoms with Crippen LogP contribution in [0, 0.1) is 0 Å². The number of amides is 1. The van der Waals surface area contributed by atoms with Gasteiger partial charge < -0.3 is 4.90 Å². The van der Waals surface area contributed by atoms with Crippen LogP contribution in [0.3, 0.4) is 0 Å². The monoisotopic (exact) mass is 327 g/mol. The second-order valence-corrected chi connectivity index (χ2v) is 6.11. The highest BCUT2D eigenvalue weighted by molar-refractivity contribution is 6.12. The van der Waals surface area contributed by atoms with Gasteiger partial charge in [-0.25, -0.2) is 0 Å². The molecule has 1 atom stereocenters. The average molecular weight is 327 g/mol. The van der Waals surface area contributed by atoms with Crippen molar-refractivity contribution in [2.45, 2.75) is 12.5 Å². The van der Waals surface area contributed by atoms with E-state index in [1.807, 2.05) is 84.9 Å². The van der Waals surface area contributed by atoms with Crippen LogP contribution in [0.5, 0.6) is 0 Å². The van der Waals surface area contributed by atoms with E-state index in [2.05, 4.69) is 0 Å². The Kier molecular flexibility index (Phi) is 3.90. The van der Waals surface area contributed by atoms with E-state index in [-0.39, 0.29) is 24.2 Å². The Morgan fingerprint density at radius 1 is 0.800 bits per heavy atom. The predicted octanol–water partition coefficient (Wildman–Crippen LogP) is 4.66. The minimum atomic E-state index is -0.279. The van der Waals surface area contributed by atoms with E-state index in [4.69, 9.17) is 0 Å². The van der Waals surface area contributed by atoms with E-state index in [1.54, 1.807) is 4.90 Å². The predicted molar refractivity (Wildman–Crippen MR) is 97.8 cm³/mol. The van der Waals surface area contributed by atoms with Gasteiger partial charge in [0, 0.05) is 23.2 Å². The number of rotatable bonds is 4. The maximum Gasteiger partial charge on any atom is 0.259 e. The molecule has 122 valence electrons. The van der Waals surface area contributed by atoms with Gasteiger partial charge in [0.05, 0.1) is 6.04 Å². The number of para-hydroxylation sites is 1. The smallest absolute Gasteiger partial charge is 0.259 e. The lowest BCUT2D eigenvalue weighted by molar-refractivity contribution is 0.0960. The molecule has 0 spiro atoms. The lowest BCUT2D eigenvalue weighted by atomic mass is 9.97. The molecular formula is C22H17NO2. The zero-order valence-electron chi connectivity index (χ0n) is 13.6. The van der Waals surface area contributed by atoms with Crippen LogP contribution in [0.25, 0.3) is 0 Å². The van der Waals surface area contributed by atoms with Gasteiger partial charge in [-0.15, -0.1) is 0 Å². The first-order valence-electron chi connectivity index (χ1n) is 8.31. The molecule has 0 saturated heterocycles. The Hall–Kier alpha value is -3.20. The van der Waals surface area contributed by atoms with E-state index >= 15 is 0 Å². The van der Waals surface area contributed by atoms with Gasteiger partial charge in [-0.1, -0.05) is 66.7 Å². The summed E-state index contributed by atoms with van der Waals surface area (Å²) in [7, 11) is 0. The lowest BCUT2D eigenvalue weighted by Crippen LogP contribution is -2.29. The molecular weight excluding hydrogens is 310 g/mol. The largest absolute Gasteiger partial charge is 0.300 e. The quantitative estimate of drug-likeness (QED) is 0.654. The van der Waals surface area contributed by atoms with Crippen LogP contribution in [-0.2, 0) is 0 Å². The summed E-state index contributed by atoms with van der Waals surface area (Å²) in [5.41, 5.74) is 3.08. The van der Waals surface area contributed by atoms with Crippen molar-refractivity contribution in [3.8, 4) is 0 Å². The Labute approximate surface area is 146 Å². The fraction of sp³-hybridized carbons (Fsp3) is 0.0909. The van der Waals surface area contributed by atoms with Crippen LogP contribution in [-0.4, -0.2) is 11.7 Å². The molecule has 0 bridgehead atoms. The molecule has 0 fully saturated rings. The van der Waals surface area contributed by atoms with Crippen LogP contribution in [0.1, 0.15) is 38.7 Å². The molecule has 4 rings (SSSR count). The number of ketones is 1. The Morgan fingerprint density at radius 2 is 1.40 bits per heavy atom. The van der Waals surface area contributed by atoms with Crippen molar-refractivity contribution in [3.05, 3.63) is 102 Å². The number of carbonyl (C=O) groups excluding carboxylic acids is 2. The van der Waals surface area contributed by atoms with Crippen molar-refractivity contribution in [3.63, 3.8) is 0 Å². The van der Waals surface area contributed by atoms with Crippen molar-refractivity contribution in [1.29, 1.82) is 0 Å². The highest BCUT2D eigenvalue weighted by Crippen LogP contribution is 2.39. The highest BCUT2D eigenvalue weighted by Gasteiger charge is 2.38. The summed E-state index contributed by atoms with van der Waals surface area (Å²) < 4.78 is 0. The number of carbonyl (C=O) groups is 2. The molecule has 1 aliphatic rings. The molecule has 3 nitrogen and oxygen atoms in total. The van der Waals surface area contributed by atoms with Gasteiger partial charge in [0.15, 0.2) is 5.78 Å². The van der Waals surface area contributed by atoms with Crippen LogP contribution >= 0.6 is 0 Å². The number of Topliss-reactive ketones (excluding diaryl/α,β-unsaturated/α-hetero) is 1. The molecule has 0 unspecified atom stereocenters. The summed E-state index contributed by atoms with van der Waals surface area (Å²) in [6, 6.07) is 26.1. The topological polar surface area (TPSA) is 37.4 Å². The summed E-state index contributed by atoms with van der Waals surface area (Å²) >= 11 is 0. The average Bonchev–Trinajstić information content (AvgIpc) is 2.95. The molecule has 1 amide bonds. The summed E-state index contributed by atoms with van der Waals surface area (Å²) in [6.45, 7) is 0. The molecule has 0 aliphatic carbocycles. The van der Waals surface area contributed by atoms with Crippen molar-refractivity contribution in [2.24, 2.45) is 0 Å². The maximum atomic E-state index is 12.9. The van der Waals surface area contributed by atoms with E-state index in [9.17, 15) is 9.59 Å². The highest BCUT2D eigenvalue weighted by atomic mass is 16.2. The number of nitrogens with zero attached hydrogens (tertiary/aromatic N) is 1. The minimum absolute atomic E-state index is 0.0380. The number of fused-ring (bicyclic) bond motifs is 1. The zero-order valence-corrected chi connectivity index (χ0v) is 13.6. The van der Waals surface area contributed by atoms with Gasteiger partial charge in [-0.05, 0) is 23.8 Å². The fourth-order valence-corrected chi connectivity index (χ4v) is 3.40. The van der Waals surface area contributed by atoms with E-state index in [0.29, 0.717) is 11.1 Å². The molecule has 0 aromatic heterocycles. The molecule has 1 aliphatic heterocycles. The van der Waals surface area contributed by atoms with Crippen LogP contribution in [0.15, 0.2) is 84.9 Å². The van der Waals surface area contributed by atoms with E-state index in [1.165, 1.54) is 0 Å². The molecule has 0 radical (unpaired) electrons. The first-order valence-corrected chi connectivity index (χ1v) is 8.31. The van der Waals surface area contributed by atoms with Gasteiger partial charge in [-0.3, -0.25) is 9.59 Å². The fourth-order valence-electron chi connectivity index (χ4n) is 3.40. The third-order valence-electron chi connectivity index (χ3n) is 4.59. The van der Waals surface area contributed by atoms with Gasteiger partial charge in [0.1, 0.15) is 0 Å². The molecule has 3 aromatic rings. The number of hydrogen-bond donors (Lipinski definition) is 0. The Morgan fingerprint density at radius 3 is 2.12 bits per heavy atom. The van der Waals surface area contributed by atoms with Gasteiger partial charge >= 0.3 is 0 Å². The summed E-state index contributed by atoms with van der Waals surface area (Å²) in [5.74, 6) is -0.0105. The third-order valence-corrected chi connectivity index (χ3v) is 4.59.